The molecule has 0 bridgehead atoms. The van der Waals surface area contributed by atoms with Gasteiger partial charge < -0.3 is 4.57 Å². The molecule has 2 amide bonds. The summed E-state index contributed by atoms with van der Waals surface area (Å²) in [6.45, 7) is 3.93. The van der Waals surface area contributed by atoms with E-state index in [0.717, 1.165) is 16.8 Å². The van der Waals surface area contributed by atoms with Gasteiger partial charge in [0.05, 0.1) is 0 Å². The van der Waals surface area contributed by atoms with Crippen LogP contribution in [0.3, 0.4) is 0 Å². The highest BCUT2D eigenvalue weighted by Crippen LogP contribution is 2.16. The summed E-state index contributed by atoms with van der Waals surface area (Å²) in [6, 6.07) is 16.4. The fraction of sp³-hybridized carbons (Fsp3) is 0.100. The van der Waals surface area contributed by atoms with E-state index in [1.165, 1.54) is 0 Å². The topological polar surface area (TPSA) is 63.1 Å². The summed E-state index contributed by atoms with van der Waals surface area (Å²) in [5.41, 5.74) is 8.89. The van der Waals surface area contributed by atoms with Crippen molar-refractivity contribution in [3.63, 3.8) is 0 Å². The Bertz CT molecular complexity index is 897. The number of hydrogen-bond donors (Lipinski definition) is 2. The van der Waals surface area contributed by atoms with Crippen molar-refractivity contribution in [2.24, 2.45) is 0 Å². The van der Waals surface area contributed by atoms with Crippen LogP contribution in [-0.2, 0) is 0 Å². The van der Waals surface area contributed by atoms with Crippen molar-refractivity contribution in [3.8, 4) is 5.69 Å². The minimum Gasteiger partial charge on any atom is -0.324 e. The van der Waals surface area contributed by atoms with Crippen molar-refractivity contribution in [2.45, 2.75) is 13.8 Å². The molecule has 0 unspecified atom stereocenters. The van der Waals surface area contributed by atoms with E-state index in [4.69, 9.17) is 0 Å². The van der Waals surface area contributed by atoms with Crippen LogP contribution in [-0.4, -0.2) is 16.4 Å². The first-order valence-corrected chi connectivity index (χ1v) is 7.96. The van der Waals surface area contributed by atoms with Gasteiger partial charge in [0.1, 0.15) is 0 Å². The minimum absolute atomic E-state index is 0.355. The Kier molecular flexibility index (Phi) is 4.66. The normalized spacial score (nSPS) is 10.3. The third-order valence-electron chi connectivity index (χ3n) is 3.96. The average Bonchev–Trinajstić information content (AvgIpc) is 3.15. The van der Waals surface area contributed by atoms with Crippen molar-refractivity contribution in [1.29, 1.82) is 0 Å². The maximum atomic E-state index is 12.3. The van der Waals surface area contributed by atoms with Crippen molar-refractivity contribution >= 4 is 11.8 Å². The predicted octanol–water partition coefficient (Wildman–Crippen LogP) is 3.17. The number of rotatable bonds is 3. The Morgan fingerprint density at radius 2 is 1.36 bits per heavy atom. The number of aromatic nitrogens is 1. The van der Waals surface area contributed by atoms with E-state index < -0.39 is 0 Å². The first-order chi connectivity index (χ1) is 12.0. The lowest BCUT2D eigenvalue weighted by Crippen LogP contribution is -2.41. The molecule has 2 N–H and O–H groups in total. The molecule has 0 saturated heterocycles. The van der Waals surface area contributed by atoms with Crippen LogP contribution in [0.2, 0.25) is 0 Å². The molecule has 5 nitrogen and oxygen atoms in total. The predicted molar refractivity (Wildman–Crippen MR) is 96.6 cm³/mol. The maximum Gasteiger partial charge on any atom is 0.269 e. The molecule has 25 heavy (non-hydrogen) atoms. The largest absolute Gasteiger partial charge is 0.324 e. The zero-order chi connectivity index (χ0) is 17.8. The number of nitrogens with one attached hydrogen (secondary N) is 2. The van der Waals surface area contributed by atoms with Gasteiger partial charge in [-0.25, -0.2) is 0 Å². The number of hydrogen-bond acceptors (Lipinski definition) is 2. The van der Waals surface area contributed by atoms with Crippen LogP contribution >= 0.6 is 0 Å². The molecule has 3 aromatic rings. The lowest BCUT2D eigenvalue weighted by atomic mass is 10.1. The van der Waals surface area contributed by atoms with Crippen LogP contribution in [0.25, 0.3) is 5.69 Å². The molecule has 0 saturated carbocycles. The van der Waals surface area contributed by atoms with Crippen LogP contribution in [0.5, 0.6) is 0 Å². The number of hydrazine groups is 1. The second kappa shape index (κ2) is 7.05. The van der Waals surface area contributed by atoms with Crippen LogP contribution in [0.1, 0.15) is 31.8 Å². The number of carbonyl (C=O) groups excluding carboxylic acids is 2. The van der Waals surface area contributed by atoms with Gasteiger partial charge in [0.25, 0.3) is 11.8 Å². The van der Waals surface area contributed by atoms with Crippen LogP contribution in [0, 0.1) is 13.8 Å². The third kappa shape index (κ3) is 3.77. The van der Waals surface area contributed by atoms with Crippen molar-refractivity contribution in [1.82, 2.24) is 15.4 Å². The minimum atomic E-state index is -0.367. The molecular weight excluding hydrogens is 314 g/mol. The zero-order valence-electron chi connectivity index (χ0n) is 14.1. The van der Waals surface area contributed by atoms with Gasteiger partial charge in [0, 0.05) is 29.2 Å². The molecule has 0 spiro atoms. The summed E-state index contributed by atoms with van der Waals surface area (Å²) >= 11 is 0. The van der Waals surface area contributed by atoms with Gasteiger partial charge in [0.2, 0.25) is 0 Å². The van der Waals surface area contributed by atoms with Gasteiger partial charge in [-0.2, -0.15) is 0 Å². The molecule has 0 aliphatic heterocycles. The molecule has 1 heterocycles. The Morgan fingerprint density at radius 1 is 0.800 bits per heavy atom. The van der Waals surface area contributed by atoms with E-state index in [1.54, 1.807) is 24.3 Å². The standard InChI is InChI=1S/C20H19N3O2/c1-14-5-8-16(9-6-14)19(24)21-22-20(25)17-10-7-15(2)18(13-17)23-11-3-4-12-23/h3-13H,1-2H3,(H,21,24)(H,22,25). The summed E-state index contributed by atoms with van der Waals surface area (Å²) in [7, 11) is 0. The first kappa shape index (κ1) is 16.5. The summed E-state index contributed by atoms with van der Waals surface area (Å²) in [5, 5.41) is 0. The molecule has 2 aromatic carbocycles. The SMILES string of the molecule is Cc1ccc(C(=O)NNC(=O)c2ccc(C)c(-n3cccc3)c2)cc1. The monoisotopic (exact) mass is 333 g/mol. The number of benzene rings is 2. The van der Waals surface area contributed by atoms with E-state index in [-0.39, 0.29) is 11.8 Å². The molecular formula is C20H19N3O2. The first-order valence-electron chi connectivity index (χ1n) is 7.96. The van der Waals surface area contributed by atoms with Gasteiger partial charge >= 0.3 is 0 Å². The van der Waals surface area contributed by atoms with Gasteiger partial charge in [-0.1, -0.05) is 23.8 Å². The Labute approximate surface area is 146 Å². The Morgan fingerprint density at radius 3 is 2.00 bits per heavy atom. The van der Waals surface area contributed by atoms with Crippen LogP contribution in [0.4, 0.5) is 0 Å². The Hall–Kier alpha value is -3.34. The van der Waals surface area contributed by atoms with Crippen LogP contribution < -0.4 is 10.9 Å². The lowest BCUT2D eigenvalue weighted by molar-refractivity contribution is 0.0846. The number of aryl methyl sites for hydroxylation is 2. The van der Waals surface area contributed by atoms with Gasteiger partial charge in [-0.15, -0.1) is 0 Å². The molecule has 0 aliphatic rings. The van der Waals surface area contributed by atoms with Crippen molar-refractivity contribution in [3.05, 3.63) is 89.2 Å². The van der Waals surface area contributed by atoms with Crippen LogP contribution in [0.15, 0.2) is 67.0 Å². The summed E-state index contributed by atoms with van der Waals surface area (Å²) in [5.74, 6) is -0.722. The number of carbonyl (C=O) groups is 2. The smallest absolute Gasteiger partial charge is 0.269 e. The number of nitrogens with zero attached hydrogens (tertiary/aromatic N) is 1. The van der Waals surface area contributed by atoms with Gasteiger partial charge in [-0.3, -0.25) is 20.4 Å². The number of amides is 2. The molecule has 5 heteroatoms. The summed E-state index contributed by atoms with van der Waals surface area (Å²) in [6.07, 6.45) is 3.84. The van der Waals surface area contributed by atoms with E-state index in [1.807, 2.05) is 61.1 Å². The summed E-state index contributed by atoms with van der Waals surface area (Å²) in [4.78, 5) is 24.4. The highest BCUT2D eigenvalue weighted by atomic mass is 16.2. The average molecular weight is 333 g/mol. The molecule has 0 radical (unpaired) electrons. The summed E-state index contributed by atoms with van der Waals surface area (Å²) < 4.78 is 1.94. The quantitative estimate of drug-likeness (QED) is 0.723. The molecule has 126 valence electrons. The second-order valence-corrected chi connectivity index (χ2v) is 5.87. The van der Waals surface area contributed by atoms with E-state index >= 15 is 0 Å². The molecule has 0 aliphatic carbocycles. The Balaban J connectivity index is 1.70. The van der Waals surface area contributed by atoms with Gasteiger partial charge in [0.15, 0.2) is 0 Å². The highest BCUT2D eigenvalue weighted by molar-refractivity contribution is 5.99. The maximum absolute atomic E-state index is 12.3. The van der Waals surface area contributed by atoms with Gasteiger partial charge in [-0.05, 0) is 55.8 Å². The zero-order valence-corrected chi connectivity index (χ0v) is 14.1. The third-order valence-corrected chi connectivity index (χ3v) is 3.96. The highest BCUT2D eigenvalue weighted by Gasteiger charge is 2.11. The van der Waals surface area contributed by atoms with E-state index in [2.05, 4.69) is 10.9 Å². The lowest BCUT2D eigenvalue weighted by Gasteiger charge is -2.11. The van der Waals surface area contributed by atoms with Crippen molar-refractivity contribution in [2.75, 3.05) is 0 Å². The van der Waals surface area contributed by atoms with Crippen molar-refractivity contribution < 1.29 is 9.59 Å². The van der Waals surface area contributed by atoms with E-state index in [0.29, 0.717) is 11.1 Å². The second-order valence-electron chi connectivity index (χ2n) is 5.87. The molecule has 0 fully saturated rings. The fourth-order valence-corrected chi connectivity index (χ4v) is 2.49. The van der Waals surface area contributed by atoms with E-state index in [9.17, 15) is 9.59 Å². The molecule has 1 aromatic heterocycles. The molecule has 3 rings (SSSR count). The molecule has 0 atom stereocenters. The fourth-order valence-electron chi connectivity index (χ4n) is 2.49.